The van der Waals surface area contributed by atoms with Crippen LogP contribution in [-0.2, 0) is 4.79 Å². The molecule has 0 aromatic heterocycles. The molecule has 1 N–H and O–H groups in total. The van der Waals surface area contributed by atoms with Crippen LogP contribution in [0.2, 0.25) is 0 Å². The van der Waals surface area contributed by atoms with Crippen molar-refractivity contribution in [2.75, 3.05) is 24.6 Å². The van der Waals surface area contributed by atoms with E-state index in [1.165, 1.54) is 5.56 Å². The van der Waals surface area contributed by atoms with Crippen molar-refractivity contribution in [2.24, 2.45) is 0 Å². The van der Waals surface area contributed by atoms with Crippen LogP contribution in [0, 0.1) is 6.92 Å². The Morgan fingerprint density at radius 3 is 2.59 bits per heavy atom. The van der Waals surface area contributed by atoms with E-state index in [-0.39, 0.29) is 11.8 Å². The second kappa shape index (κ2) is 8.35. The zero-order valence-electron chi connectivity index (χ0n) is 16.5. The number of aryl methyl sites for hydroxylation is 1. The minimum atomic E-state index is -0.0279. The Bertz CT molecular complexity index is 1040. The highest BCUT2D eigenvalue weighted by molar-refractivity contribution is 6.25. The second-order valence-corrected chi connectivity index (χ2v) is 7.25. The number of hydrogen-bond donors (Lipinski definition) is 1. The highest BCUT2D eigenvalue weighted by Gasteiger charge is 2.28. The highest BCUT2D eigenvalue weighted by atomic mass is 16.5. The van der Waals surface area contributed by atoms with Crippen LogP contribution >= 0.6 is 0 Å². The Morgan fingerprint density at radius 1 is 1.03 bits per heavy atom. The Kier molecular flexibility index (Phi) is 5.47. The van der Waals surface area contributed by atoms with Gasteiger partial charge in [0.25, 0.3) is 5.91 Å². The molecule has 0 fully saturated rings. The molecule has 5 nitrogen and oxygen atoms in total. The predicted octanol–water partition coefficient (Wildman–Crippen LogP) is 4.08. The number of nitrogens with zero attached hydrogens (tertiary/aromatic N) is 1. The molecule has 0 atom stereocenters. The molecule has 29 heavy (non-hydrogen) atoms. The minimum absolute atomic E-state index is 0.0173. The van der Waals surface area contributed by atoms with E-state index in [9.17, 15) is 9.59 Å². The van der Waals surface area contributed by atoms with E-state index in [4.69, 9.17) is 4.74 Å². The summed E-state index contributed by atoms with van der Waals surface area (Å²) in [6.07, 6.45) is 0.988. The zero-order valence-corrected chi connectivity index (χ0v) is 16.5. The van der Waals surface area contributed by atoms with Crippen LogP contribution in [0.1, 0.15) is 28.8 Å². The Balaban J connectivity index is 1.22. The van der Waals surface area contributed by atoms with Gasteiger partial charge in [-0.2, -0.15) is 0 Å². The summed E-state index contributed by atoms with van der Waals surface area (Å²) in [4.78, 5) is 26.6. The Morgan fingerprint density at radius 2 is 1.79 bits per heavy atom. The van der Waals surface area contributed by atoms with E-state index in [0.29, 0.717) is 32.5 Å². The van der Waals surface area contributed by atoms with E-state index in [2.05, 4.69) is 5.32 Å². The molecule has 3 aromatic carbocycles. The molecule has 1 aliphatic rings. The molecule has 5 heteroatoms. The van der Waals surface area contributed by atoms with Crippen LogP contribution in [0.25, 0.3) is 10.8 Å². The molecule has 0 bridgehead atoms. The molecule has 0 saturated carbocycles. The van der Waals surface area contributed by atoms with Gasteiger partial charge in [0.2, 0.25) is 5.91 Å². The number of hydrogen-bond acceptors (Lipinski definition) is 3. The van der Waals surface area contributed by atoms with Gasteiger partial charge in [0, 0.05) is 23.9 Å². The summed E-state index contributed by atoms with van der Waals surface area (Å²) in [5.41, 5.74) is 2.87. The average molecular weight is 388 g/mol. The van der Waals surface area contributed by atoms with Gasteiger partial charge in [0.1, 0.15) is 12.4 Å². The molecule has 0 radical (unpaired) electrons. The normalized spacial score (nSPS) is 12.4. The summed E-state index contributed by atoms with van der Waals surface area (Å²) in [5, 5.41) is 4.95. The Hall–Kier alpha value is -3.34. The number of benzene rings is 3. The van der Waals surface area contributed by atoms with Crippen LogP contribution in [0.4, 0.5) is 5.69 Å². The van der Waals surface area contributed by atoms with E-state index < -0.39 is 0 Å². The van der Waals surface area contributed by atoms with Crippen LogP contribution < -0.4 is 15.0 Å². The first-order valence-electron chi connectivity index (χ1n) is 9.93. The lowest BCUT2D eigenvalue weighted by Crippen LogP contribution is -2.31. The number of nitrogens with one attached hydrogen (secondary N) is 1. The number of ether oxygens (including phenoxy) is 1. The fraction of sp³-hybridized carbons (Fsp3) is 0.250. The number of carbonyl (C=O) groups is 2. The van der Waals surface area contributed by atoms with Crippen molar-refractivity contribution < 1.29 is 14.3 Å². The summed E-state index contributed by atoms with van der Waals surface area (Å²) < 4.78 is 5.61. The SMILES string of the molecule is Cc1ccc(OCCNC(=O)CCCN2C(=O)c3cccc4cccc2c34)cc1. The van der Waals surface area contributed by atoms with Gasteiger partial charge in [-0.25, -0.2) is 0 Å². The number of carbonyl (C=O) groups excluding carboxylic acids is 2. The lowest BCUT2D eigenvalue weighted by Gasteiger charge is -2.17. The van der Waals surface area contributed by atoms with Crippen molar-refractivity contribution in [3.05, 3.63) is 71.8 Å². The number of amides is 2. The molecular weight excluding hydrogens is 364 g/mol. The van der Waals surface area contributed by atoms with E-state index in [1.54, 1.807) is 4.90 Å². The van der Waals surface area contributed by atoms with Crippen molar-refractivity contribution in [1.29, 1.82) is 0 Å². The molecule has 1 aliphatic heterocycles. The third-order valence-electron chi connectivity index (χ3n) is 5.15. The van der Waals surface area contributed by atoms with Crippen LogP contribution in [0.3, 0.4) is 0 Å². The standard InChI is InChI=1S/C24H24N2O3/c1-17-10-12-19(13-11-17)29-16-14-25-22(27)9-4-15-26-21-8-3-6-18-5-2-7-20(23(18)21)24(26)28/h2-3,5-8,10-13H,4,9,14-16H2,1H3,(H,25,27). The quantitative estimate of drug-likeness (QED) is 0.592. The largest absolute Gasteiger partial charge is 0.492 e. The van der Waals surface area contributed by atoms with Gasteiger partial charge in [0.15, 0.2) is 0 Å². The smallest absolute Gasteiger partial charge is 0.258 e. The highest BCUT2D eigenvalue weighted by Crippen LogP contribution is 2.37. The first-order valence-corrected chi connectivity index (χ1v) is 9.93. The van der Waals surface area contributed by atoms with Gasteiger partial charge < -0.3 is 15.0 Å². The van der Waals surface area contributed by atoms with Crippen molar-refractivity contribution in [1.82, 2.24) is 5.32 Å². The molecule has 4 rings (SSSR count). The third kappa shape index (κ3) is 4.09. The third-order valence-corrected chi connectivity index (χ3v) is 5.15. The van der Waals surface area contributed by atoms with Crippen LogP contribution in [-0.4, -0.2) is 31.5 Å². The lowest BCUT2D eigenvalue weighted by atomic mass is 10.1. The van der Waals surface area contributed by atoms with Crippen molar-refractivity contribution in [3.63, 3.8) is 0 Å². The molecule has 1 heterocycles. The lowest BCUT2D eigenvalue weighted by molar-refractivity contribution is -0.121. The molecule has 0 spiro atoms. The summed E-state index contributed by atoms with van der Waals surface area (Å²) in [6, 6.07) is 19.6. The van der Waals surface area contributed by atoms with E-state index in [0.717, 1.165) is 27.8 Å². The monoisotopic (exact) mass is 388 g/mol. The molecule has 0 unspecified atom stereocenters. The van der Waals surface area contributed by atoms with Gasteiger partial charge in [-0.15, -0.1) is 0 Å². The average Bonchev–Trinajstić information content (AvgIpc) is 3.01. The van der Waals surface area contributed by atoms with Crippen LogP contribution in [0.5, 0.6) is 5.75 Å². The molecular formula is C24H24N2O3. The summed E-state index contributed by atoms with van der Waals surface area (Å²) in [6.45, 7) is 3.44. The maximum atomic E-state index is 12.7. The first-order chi connectivity index (χ1) is 14.1. The predicted molar refractivity (Wildman–Crippen MR) is 115 cm³/mol. The van der Waals surface area contributed by atoms with Gasteiger partial charge in [-0.3, -0.25) is 9.59 Å². The fourth-order valence-electron chi connectivity index (χ4n) is 3.68. The topological polar surface area (TPSA) is 58.6 Å². The van der Waals surface area contributed by atoms with E-state index in [1.807, 2.05) is 67.6 Å². The van der Waals surface area contributed by atoms with E-state index >= 15 is 0 Å². The molecule has 2 amide bonds. The van der Waals surface area contributed by atoms with Crippen molar-refractivity contribution >= 4 is 28.3 Å². The van der Waals surface area contributed by atoms with Gasteiger partial charge >= 0.3 is 0 Å². The minimum Gasteiger partial charge on any atom is -0.492 e. The summed E-state index contributed by atoms with van der Waals surface area (Å²) in [7, 11) is 0. The summed E-state index contributed by atoms with van der Waals surface area (Å²) in [5.74, 6) is 0.787. The van der Waals surface area contributed by atoms with Gasteiger partial charge in [0.05, 0.1) is 12.2 Å². The second-order valence-electron chi connectivity index (χ2n) is 7.25. The molecule has 148 valence electrons. The Labute approximate surface area is 170 Å². The van der Waals surface area contributed by atoms with Gasteiger partial charge in [-0.1, -0.05) is 42.0 Å². The van der Waals surface area contributed by atoms with Crippen molar-refractivity contribution in [2.45, 2.75) is 19.8 Å². The maximum absolute atomic E-state index is 12.7. The fourth-order valence-corrected chi connectivity index (χ4v) is 3.68. The first kappa shape index (κ1) is 19.0. The number of rotatable bonds is 8. The van der Waals surface area contributed by atoms with Gasteiger partial charge in [-0.05, 0) is 43.0 Å². The van der Waals surface area contributed by atoms with Crippen molar-refractivity contribution in [3.8, 4) is 5.75 Å². The molecule has 0 aliphatic carbocycles. The number of anilines is 1. The zero-order chi connectivity index (χ0) is 20.2. The maximum Gasteiger partial charge on any atom is 0.258 e. The molecule has 3 aromatic rings. The summed E-state index contributed by atoms with van der Waals surface area (Å²) >= 11 is 0. The molecule has 0 saturated heterocycles. The van der Waals surface area contributed by atoms with Crippen LogP contribution in [0.15, 0.2) is 60.7 Å².